The Morgan fingerprint density at radius 1 is 1.32 bits per heavy atom. The number of fused-ring (bicyclic) bond motifs is 1. The lowest BCUT2D eigenvalue weighted by Gasteiger charge is -2.06. The average Bonchev–Trinajstić information content (AvgIpc) is 3.11. The number of nitrogens with one attached hydrogen (secondary N) is 2. The Hall–Kier alpha value is -2.23. The number of nitrogens with zero attached hydrogens (tertiary/aromatic N) is 1. The molecule has 1 aliphatic carbocycles. The molecule has 1 amide bonds. The number of carbonyl (C=O) groups excluding carboxylic acids is 1. The molecule has 25 heavy (non-hydrogen) atoms. The van der Waals surface area contributed by atoms with Gasteiger partial charge in [-0.05, 0) is 42.5 Å². The number of anilines is 1. The van der Waals surface area contributed by atoms with E-state index in [9.17, 15) is 13.2 Å². The second-order valence-corrected chi connectivity index (χ2v) is 8.76. The molecule has 0 bridgehead atoms. The van der Waals surface area contributed by atoms with E-state index in [0.717, 1.165) is 30.1 Å². The number of carbonyl (C=O) groups is 1. The highest BCUT2D eigenvalue weighted by Crippen LogP contribution is 2.40. The monoisotopic (exact) mass is 377 g/mol. The van der Waals surface area contributed by atoms with Crippen LogP contribution in [-0.2, 0) is 14.8 Å². The summed E-state index contributed by atoms with van der Waals surface area (Å²) >= 11 is 1.10. The van der Waals surface area contributed by atoms with Crippen LogP contribution in [0.3, 0.4) is 0 Å². The van der Waals surface area contributed by atoms with Crippen molar-refractivity contribution in [2.24, 2.45) is 0 Å². The van der Waals surface area contributed by atoms with Crippen LogP contribution in [0.15, 0.2) is 44.3 Å². The van der Waals surface area contributed by atoms with Gasteiger partial charge in [-0.25, -0.2) is 18.1 Å². The number of benzene rings is 1. The maximum atomic E-state index is 12.0. The summed E-state index contributed by atoms with van der Waals surface area (Å²) in [4.78, 5) is 16.4. The van der Waals surface area contributed by atoms with E-state index in [0.29, 0.717) is 22.7 Å². The van der Waals surface area contributed by atoms with Crippen molar-refractivity contribution in [2.75, 3.05) is 11.9 Å². The Morgan fingerprint density at radius 2 is 2.16 bits per heavy atom. The Bertz CT molecular complexity index is 1020. The molecule has 2 heterocycles. The molecule has 130 valence electrons. The summed E-state index contributed by atoms with van der Waals surface area (Å²) < 4.78 is 32.1. The lowest BCUT2D eigenvalue weighted by atomic mass is 10.3. The van der Waals surface area contributed by atoms with E-state index in [1.54, 1.807) is 29.6 Å². The summed E-state index contributed by atoms with van der Waals surface area (Å²) in [6.45, 7) is -0.343. The van der Waals surface area contributed by atoms with Gasteiger partial charge in [0.15, 0.2) is 11.5 Å². The number of hydrogen-bond acceptors (Lipinski definition) is 6. The fourth-order valence-corrected chi connectivity index (χ4v) is 4.40. The highest BCUT2D eigenvalue weighted by molar-refractivity contribution is 7.91. The van der Waals surface area contributed by atoms with Gasteiger partial charge in [-0.15, -0.1) is 11.3 Å². The Kier molecular flexibility index (Phi) is 4.06. The van der Waals surface area contributed by atoms with E-state index < -0.39 is 15.9 Å². The van der Waals surface area contributed by atoms with Gasteiger partial charge in [0.2, 0.25) is 5.91 Å². The van der Waals surface area contributed by atoms with E-state index in [4.69, 9.17) is 4.42 Å². The summed E-state index contributed by atoms with van der Waals surface area (Å²) in [5, 5.41) is 4.33. The summed E-state index contributed by atoms with van der Waals surface area (Å²) in [7, 11) is -3.66. The van der Waals surface area contributed by atoms with Crippen molar-refractivity contribution in [3.63, 3.8) is 0 Å². The molecule has 4 rings (SSSR count). The van der Waals surface area contributed by atoms with Crippen LogP contribution in [0.1, 0.15) is 24.7 Å². The third-order valence-electron chi connectivity index (χ3n) is 3.80. The van der Waals surface area contributed by atoms with Gasteiger partial charge >= 0.3 is 0 Å². The molecular formula is C16H15N3O4S2. The standard InChI is InChI=1S/C16H15N3O4S2/c20-14(9-17-25(21,22)15-2-1-7-24-15)18-11-5-6-13-12(8-11)19-16(23-13)10-3-4-10/h1-2,5-8,10,17H,3-4,9H2,(H,18,20). The summed E-state index contributed by atoms with van der Waals surface area (Å²) in [5.74, 6) is 0.699. The normalized spacial score (nSPS) is 14.7. The first-order chi connectivity index (χ1) is 12.0. The molecule has 0 saturated heterocycles. The number of oxazole rings is 1. The molecule has 0 atom stereocenters. The van der Waals surface area contributed by atoms with Crippen LogP contribution in [-0.4, -0.2) is 25.9 Å². The summed E-state index contributed by atoms with van der Waals surface area (Å²) in [6.07, 6.45) is 2.20. The minimum absolute atomic E-state index is 0.178. The van der Waals surface area contributed by atoms with E-state index in [-0.39, 0.29) is 10.8 Å². The fourth-order valence-electron chi connectivity index (χ4n) is 2.38. The van der Waals surface area contributed by atoms with E-state index in [1.807, 2.05) is 0 Å². The highest BCUT2D eigenvalue weighted by atomic mass is 32.2. The van der Waals surface area contributed by atoms with Crippen molar-refractivity contribution in [3.05, 3.63) is 41.6 Å². The zero-order valence-corrected chi connectivity index (χ0v) is 14.7. The Morgan fingerprint density at radius 3 is 2.88 bits per heavy atom. The third-order valence-corrected chi connectivity index (χ3v) is 6.60. The first-order valence-corrected chi connectivity index (χ1v) is 10.1. The number of aromatic nitrogens is 1. The van der Waals surface area contributed by atoms with Crippen molar-refractivity contribution in [2.45, 2.75) is 23.0 Å². The van der Waals surface area contributed by atoms with Gasteiger partial charge in [-0.1, -0.05) is 6.07 Å². The van der Waals surface area contributed by atoms with Crippen molar-refractivity contribution >= 4 is 44.1 Å². The third kappa shape index (κ3) is 3.58. The fraction of sp³-hybridized carbons (Fsp3) is 0.250. The minimum Gasteiger partial charge on any atom is -0.440 e. The van der Waals surface area contributed by atoms with Gasteiger partial charge in [0, 0.05) is 11.6 Å². The largest absolute Gasteiger partial charge is 0.440 e. The van der Waals surface area contributed by atoms with Crippen LogP contribution >= 0.6 is 11.3 Å². The zero-order chi connectivity index (χ0) is 17.4. The van der Waals surface area contributed by atoms with Gasteiger partial charge in [0.05, 0.1) is 6.54 Å². The second-order valence-electron chi connectivity index (χ2n) is 5.81. The average molecular weight is 377 g/mol. The van der Waals surface area contributed by atoms with E-state index in [1.165, 1.54) is 6.07 Å². The van der Waals surface area contributed by atoms with E-state index in [2.05, 4.69) is 15.0 Å². The molecule has 3 aromatic rings. The number of hydrogen-bond donors (Lipinski definition) is 2. The maximum absolute atomic E-state index is 12.0. The minimum atomic E-state index is -3.66. The molecule has 1 fully saturated rings. The van der Waals surface area contributed by atoms with Gasteiger partial charge in [-0.2, -0.15) is 0 Å². The molecule has 1 aromatic carbocycles. The molecule has 1 aliphatic rings. The molecule has 0 radical (unpaired) electrons. The number of amides is 1. The van der Waals surface area contributed by atoms with Crippen LogP contribution in [0.25, 0.3) is 11.1 Å². The summed E-state index contributed by atoms with van der Waals surface area (Å²) in [6, 6.07) is 8.30. The molecule has 7 nitrogen and oxygen atoms in total. The second kappa shape index (κ2) is 6.25. The van der Waals surface area contributed by atoms with Gasteiger partial charge in [-0.3, -0.25) is 4.79 Å². The molecule has 2 aromatic heterocycles. The maximum Gasteiger partial charge on any atom is 0.250 e. The number of sulfonamides is 1. The van der Waals surface area contributed by atoms with E-state index >= 15 is 0 Å². The predicted octanol–water partition coefficient (Wildman–Crippen LogP) is 2.68. The Balaban J connectivity index is 1.41. The predicted molar refractivity (Wildman–Crippen MR) is 94.1 cm³/mol. The van der Waals surface area contributed by atoms with Crippen molar-refractivity contribution < 1.29 is 17.6 Å². The van der Waals surface area contributed by atoms with Crippen molar-refractivity contribution in [1.82, 2.24) is 9.71 Å². The quantitative estimate of drug-likeness (QED) is 0.688. The van der Waals surface area contributed by atoms with Crippen LogP contribution in [0.4, 0.5) is 5.69 Å². The van der Waals surface area contributed by atoms with Crippen molar-refractivity contribution in [1.29, 1.82) is 0 Å². The molecule has 0 aliphatic heterocycles. The first-order valence-electron chi connectivity index (χ1n) is 7.75. The molecule has 9 heteroatoms. The first kappa shape index (κ1) is 16.2. The van der Waals surface area contributed by atoms with Crippen LogP contribution < -0.4 is 10.0 Å². The SMILES string of the molecule is O=C(CNS(=O)(=O)c1cccs1)Nc1ccc2oc(C3CC3)nc2c1. The molecule has 0 spiro atoms. The van der Waals surface area contributed by atoms with Crippen LogP contribution in [0, 0.1) is 0 Å². The van der Waals surface area contributed by atoms with Gasteiger partial charge in [0.1, 0.15) is 9.73 Å². The topological polar surface area (TPSA) is 101 Å². The van der Waals surface area contributed by atoms with Crippen LogP contribution in [0.2, 0.25) is 0 Å². The molecule has 2 N–H and O–H groups in total. The van der Waals surface area contributed by atoms with Gasteiger partial charge < -0.3 is 9.73 Å². The highest BCUT2D eigenvalue weighted by Gasteiger charge is 2.28. The summed E-state index contributed by atoms with van der Waals surface area (Å²) in [5.41, 5.74) is 1.90. The zero-order valence-electron chi connectivity index (χ0n) is 13.1. The van der Waals surface area contributed by atoms with Gasteiger partial charge in [0.25, 0.3) is 10.0 Å². The smallest absolute Gasteiger partial charge is 0.250 e. The number of thiophene rings is 1. The molecule has 1 saturated carbocycles. The lowest BCUT2D eigenvalue weighted by molar-refractivity contribution is -0.115. The Labute approximate surface area is 148 Å². The molecular weight excluding hydrogens is 362 g/mol. The van der Waals surface area contributed by atoms with Crippen LogP contribution in [0.5, 0.6) is 0 Å². The lowest BCUT2D eigenvalue weighted by Crippen LogP contribution is -2.32. The van der Waals surface area contributed by atoms with Crippen molar-refractivity contribution in [3.8, 4) is 0 Å². The molecule has 0 unspecified atom stereocenters. The number of rotatable bonds is 6.